The van der Waals surface area contributed by atoms with Gasteiger partial charge in [0.2, 0.25) is 0 Å². The first kappa shape index (κ1) is 13.2. The zero-order valence-corrected chi connectivity index (χ0v) is 12.8. The minimum absolute atomic E-state index is 0.0664. The summed E-state index contributed by atoms with van der Waals surface area (Å²) in [4.78, 5) is 12.0. The van der Waals surface area contributed by atoms with Gasteiger partial charge >= 0.3 is 0 Å². The number of benzene rings is 1. The van der Waals surface area contributed by atoms with Crippen LogP contribution in [0.1, 0.15) is 17.3 Å². The van der Waals surface area contributed by atoms with Crippen molar-refractivity contribution < 1.29 is 4.79 Å². The first-order valence-electron chi connectivity index (χ1n) is 4.37. The maximum Gasteiger partial charge on any atom is 0.251 e. The van der Waals surface area contributed by atoms with Gasteiger partial charge in [0.05, 0.1) is 0 Å². The maximum absolute atomic E-state index is 11.7. The Morgan fingerprint density at radius 1 is 1.33 bits per heavy atom. The largest absolute Gasteiger partial charge is 0.351 e. The van der Waals surface area contributed by atoms with Gasteiger partial charge in [0.25, 0.3) is 5.91 Å². The predicted octanol–water partition coefficient (Wildman–Crippen LogP) is 3.72. The lowest BCUT2D eigenvalue weighted by molar-refractivity contribution is 0.0954. The lowest BCUT2D eigenvalue weighted by atomic mass is 10.2. The third kappa shape index (κ3) is 4.66. The number of alkyl halides is 1. The highest BCUT2D eigenvalue weighted by molar-refractivity contribution is 9.11. The third-order valence-electron chi connectivity index (χ3n) is 1.67. The fourth-order valence-electron chi connectivity index (χ4n) is 1.02. The molecule has 0 saturated carbocycles. The van der Waals surface area contributed by atoms with Gasteiger partial charge in [-0.3, -0.25) is 4.79 Å². The van der Waals surface area contributed by atoms with Crippen molar-refractivity contribution in [3.05, 3.63) is 32.7 Å². The quantitative estimate of drug-likeness (QED) is 0.771. The Kier molecular flexibility index (Phi) is 5.29. The van der Waals surface area contributed by atoms with Crippen LogP contribution < -0.4 is 5.32 Å². The summed E-state index contributed by atoms with van der Waals surface area (Å²) in [5.74, 6) is -0.0664. The fourth-order valence-corrected chi connectivity index (χ4v) is 2.48. The maximum atomic E-state index is 11.7. The Morgan fingerprint density at radius 2 is 1.87 bits per heavy atom. The fraction of sp³-hybridized carbons (Fsp3) is 0.300. The molecular formula is C10H10Br3NO. The van der Waals surface area contributed by atoms with Gasteiger partial charge in [0.1, 0.15) is 0 Å². The van der Waals surface area contributed by atoms with E-state index in [-0.39, 0.29) is 10.7 Å². The number of carbonyl (C=O) groups excluding carboxylic acids is 1. The summed E-state index contributed by atoms with van der Waals surface area (Å²) in [6, 6.07) is 5.47. The summed E-state index contributed by atoms with van der Waals surface area (Å²) in [5, 5.41) is 2.83. The van der Waals surface area contributed by atoms with E-state index in [9.17, 15) is 4.79 Å². The number of hydrogen-bond donors (Lipinski definition) is 1. The van der Waals surface area contributed by atoms with Gasteiger partial charge in [0, 0.05) is 25.9 Å². The molecule has 0 aromatic heterocycles. The van der Waals surface area contributed by atoms with Crippen LogP contribution in [0, 0.1) is 0 Å². The zero-order chi connectivity index (χ0) is 11.4. The molecule has 1 N–H and O–H groups in total. The van der Waals surface area contributed by atoms with E-state index in [4.69, 9.17) is 0 Å². The Bertz CT molecular complexity index is 345. The molecule has 1 amide bonds. The average molecular weight is 400 g/mol. The lowest BCUT2D eigenvalue weighted by Gasteiger charge is -2.07. The van der Waals surface area contributed by atoms with Crippen molar-refractivity contribution in [2.24, 2.45) is 0 Å². The van der Waals surface area contributed by atoms with Gasteiger partial charge in [-0.25, -0.2) is 0 Å². The second-order valence-electron chi connectivity index (χ2n) is 3.15. The highest BCUT2D eigenvalue weighted by Gasteiger charge is 2.07. The average Bonchev–Trinajstić information content (AvgIpc) is 2.12. The molecule has 0 aliphatic carbocycles. The normalized spacial score (nSPS) is 12.3. The zero-order valence-electron chi connectivity index (χ0n) is 8.06. The first-order chi connectivity index (χ1) is 6.99. The molecule has 1 aromatic carbocycles. The van der Waals surface area contributed by atoms with Crippen molar-refractivity contribution in [1.29, 1.82) is 0 Å². The molecule has 1 aromatic rings. The molecule has 1 unspecified atom stereocenters. The number of amides is 1. The number of nitrogens with one attached hydrogen (secondary N) is 1. The van der Waals surface area contributed by atoms with Crippen LogP contribution in [0.25, 0.3) is 0 Å². The second-order valence-corrected chi connectivity index (χ2v) is 6.54. The smallest absolute Gasteiger partial charge is 0.251 e. The topological polar surface area (TPSA) is 29.1 Å². The number of rotatable bonds is 3. The van der Waals surface area contributed by atoms with Crippen LogP contribution in [0.4, 0.5) is 0 Å². The molecule has 0 radical (unpaired) electrons. The molecule has 0 heterocycles. The Hall–Kier alpha value is 0.130. The summed E-state index contributed by atoms with van der Waals surface area (Å²) >= 11 is 10.1. The molecule has 0 bridgehead atoms. The number of carbonyl (C=O) groups is 1. The standard InChI is InChI=1S/C10H10Br3NO/c1-6(11)5-14-10(15)7-2-8(12)4-9(13)3-7/h2-4,6H,5H2,1H3,(H,14,15). The van der Waals surface area contributed by atoms with Crippen molar-refractivity contribution >= 4 is 53.7 Å². The Labute approximate surface area is 114 Å². The van der Waals surface area contributed by atoms with Gasteiger partial charge in [0.15, 0.2) is 0 Å². The van der Waals surface area contributed by atoms with Crippen LogP contribution in [-0.4, -0.2) is 17.3 Å². The highest BCUT2D eigenvalue weighted by atomic mass is 79.9. The summed E-state index contributed by atoms with van der Waals surface area (Å²) in [6.45, 7) is 2.60. The molecule has 0 aliphatic heterocycles. The summed E-state index contributed by atoms with van der Waals surface area (Å²) < 4.78 is 1.77. The van der Waals surface area contributed by atoms with Crippen molar-refractivity contribution in [3.8, 4) is 0 Å². The van der Waals surface area contributed by atoms with Crippen LogP contribution in [-0.2, 0) is 0 Å². The van der Waals surface area contributed by atoms with Crippen LogP contribution in [0.3, 0.4) is 0 Å². The van der Waals surface area contributed by atoms with E-state index < -0.39 is 0 Å². The Morgan fingerprint density at radius 3 is 2.33 bits per heavy atom. The lowest BCUT2D eigenvalue weighted by Crippen LogP contribution is -2.28. The van der Waals surface area contributed by atoms with Crippen LogP contribution in [0.5, 0.6) is 0 Å². The third-order valence-corrected chi connectivity index (χ3v) is 2.91. The van der Waals surface area contributed by atoms with E-state index in [0.29, 0.717) is 12.1 Å². The van der Waals surface area contributed by atoms with Crippen molar-refractivity contribution in [2.75, 3.05) is 6.54 Å². The molecule has 82 valence electrons. The van der Waals surface area contributed by atoms with E-state index >= 15 is 0 Å². The van der Waals surface area contributed by atoms with E-state index in [0.717, 1.165) is 8.95 Å². The first-order valence-corrected chi connectivity index (χ1v) is 6.87. The molecule has 1 rings (SSSR count). The van der Waals surface area contributed by atoms with Gasteiger partial charge in [-0.2, -0.15) is 0 Å². The molecule has 5 heteroatoms. The van der Waals surface area contributed by atoms with Gasteiger partial charge in [-0.15, -0.1) is 0 Å². The minimum atomic E-state index is -0.0664. The van der Waals surface area contributed by atoms with E-state index in [1.54, 1.807) is 12.1 Å². The minimum Gasteiger partial charge on any atom is -0.351 e. The SMILES string of the molecule is CC(Br)CNC(=O)c1cc(Br)cc(Br)c1. The molecule has 15 heavy (non-hydrogen) atoms. The van der Waals surface area contributed by atoms with Gasteiger partial charge < -0.3 is 5.32 Å². The van der Waals surface area contributed by atoms with E-state index in [2.05, 4.69) is 53.1 Å². The molecule has 0 aliphatic rings. The van der Waals surface area contributed by atoms with Crippen molar-refractivity contribution in [2.45, 2.75) is 11.8 Å². The summed E-state index contributed by atoms with van der Waals surface area (Å²) in [5.41, 5.74) is 0.643. The number of halogens is 3. The molecule has 0 saturated heterocycles. The van der Waals surface area contributed by atoms with E-state index in [1.165, 1.54) is 0 Å². The summed E-state index contributed by atoms with van der Waals surface area (Å²) in [6.07, 6.45) is 0. The molecule has 2 nitrogen and oxygen atoms in total. The highest BCUT2D eigenvalue weighted by Crippen LogP contribution is 2.20. The van der Waals surface area contributed by atoms with Crippen LogP contribution in [0.15, 0.2) is 27.1 Å². The molecule has 0 spiro atoms. The molecule has 1 atom stereocenters. The second kappa shape index (κ2) is 6.01. The predicted molar refractivity (Wildman–Crippen MR) is 72.6 cm³/mol. The number of hydrogen-bond acceptors (Lipinski definition) is 1. The molecule has 0 fully saturated rings. The van der Waals surface area contributed by atoms with Crippen LogP contribution >= 0.6 is 47.8 Å². The molecular weight excluding hydrogens is 390 g/mol. The van der Waals surface area contributed by atoms with Crippen molar-refractivity contribution in [3.63, 3.8) is 0 Å². The Balaban J connectivity index is 2.73. The van der Waals surface area contributed by atoms with Gasteiger partial charge in [-0.1, -0.05) is 54.7 Å². The van der Waals surface area contributed by atoms with Crippen LogP contribution in [0.2, 0.25) is 0 Å². The van der Waals surface area contributed by atoms with E-state index in [1.807, 2.05) is 13.0 Å². The van der Waals surface area contributed by atoms with Gasteiger partial charge in [-0.05, 0) is 18.2 Å². The summed E-state index contributed by atoms with van der Waals surface area (Å²) in [7, 11) is 0. The monoisotopic (exact) mass is 397 g/mol. The van der Waals surface area contributed by atoms with Crippen molar-refractivity contribution in [1.82, 2.24) is 5.32 Å².